The number of carbonyl (C=O) groups is 1. The van der Waals surface area contributed by atoms with Crippen LogP contribution in [0.3, 0.4) is 0 Å². The molecule has 0 spiro atoms. The van der Waals surface area contributed by atoms with Gasteiger partial charge in [0.15, 0.2) is 0 Å². The molecule has 0 heterocycles. The SMILES string of the molecule is CCCc1ccccc1CONCCOC(=O)c1ccccc1. The van der Waals surface area contributed by atoms with E-state index in [2.05, 4.69) is 24.5 Å². The molecule has 4 nitrogen and oxygen atoms in total. The van der Waals surface area contributed by atoms with Crippen LogP contribution in [-0.4, -0.2) is 19.1 Å². The maximum atomic E-state index is 11.7. The van der Waals surface area contributed by atoms with Crippen molar-refractivity contribution in [1.29, 1.82) is 0 Å². The van der Waals surface area contributed by atoms with Crippen molar-refractivity contribution in [3.05, 3.63) is 71.3 Å². The Morgan fingerprint density at radius 1 is 1.00 bits per heavy atom. The molecule has 0 amide bonds. The Hall–Kier alpha value is -2.17. The van der Waals surface area contributed by atoms with Gasteiger partial charge in [0.05, 0.1) is 18.7 Å². The van der Waals surface area contributed by atoms with Crippen LogP contribution < -0.4 is 5.48 Å². The summed E-state index contributed by atoms with van der Waals surface area (Å²) in [6.45, 7) is 3.39. The second kappa shape index (κ2) is 9.77. The summed E-state index contributed by atoms with van der Waals surface area (Å²) in [6, 6.07) is 17.2. The van der Waals surface area contributed by atoms with Crippen molar-refractivity contribution in [3.63, 3.8) is 0 Å². The van der Waals surface area contributed by atoms with Gasteiger partial charge in [-0.3, -0.25) is 4.84 Å². The van der Waals surface area contributed by atoms with Crippen LogP contribution in [0, 0.1) is 0 Å². The molecule has 0 atom stereocenters. The van der Waals surface area contributed by atoms with Gasteiger partial charge in [0.25, 0.3) is 0 Å². The van der Waals surface area contributed by atoms with E-state index in [-0.39, 0.29) is 12.6 Å². The van der Waals surface area contributed by atoms with E-state index in [0.29, 0.717) is 18.7 Å². The van der Waals surface area contributed by atoms with Crippen molar-refractivity contribution in [2.75, 3.05) is 13.2 Å². The third kappa shape index (κ3) is 5.85. The number of aryl methyl sites for hydroxylation is 1. The number of hydrogen-bond donors (Lipinski definition) is 1. The van der Waals surface area contributed by atoms with Crippen LogP contribution >= 0.6 is 0 Å². The van der Waals surface area contributed by atoms with Gasteiger partial charge in [-0.05, 0) is 29.7 Å². The van der Waals surface area contributed by atoms with Gasteiger partial charge in [0.2, 0.25) is 0 Å². The summed E-state index contributed by atoms with van der Waals surface area (Å²) in [7, 11) is 0. The lowest BCUT2D eigenvalue weighted by Crippen LogP contribution is -2.22. The summed E-state index contributed by atoms with van der Waals surface area (Å²) in [5, 5.41) is 0. The van der Waals surface area contributed by atoms with Gasteiger partial charge in [0, 0.05) is 0 Å². The summed E-state index contributed by atoms with van der Waals surface area (Å²) in [6.07, 6.45) is 2.16. The van der Waals surface area contributed by atoms with Crippen molar-refractivity contribution in [1.82, 2.24) is 5.48 Å². The normalized spacial score (nSPS) is 10.5. The summed E-state index contributed by atoms with van der Waals surface area (Å²) in [5.74, 6) is -0.319. The molecule has 2 aromatic carbocycles. The number of benzene rings is 2. The standard InChI is InChI=1S/C19H23NO3/c1-2-8-16-9-6-7-12-18(16)15-23-20-13-14-22-19(21)17-10-4-3-5-11-17/h3-7,9-12,20H,2,8,13-15H2,1H3. The first-order valence-corrected chi connectivity index (χ1v) is 7.95. The van der Waals surface area contributed by atoms with Crippen molar-refractivity contribution < 1.29 is 14.4 Å². The summed E-state index contributed by atoms with van der Waals surface area (Å²) < 4.78 is 5.16. The first kappa shape index (κ1) is 17.2. The fraction of sp³-hybridized carbons (Fsp3) is 0.316. The second-order valence-corrected chi connectivity index (χ2v) is 5.20. The minimum atomic E-state index is -0.319. The third-order valence-electron chi connectivity index (χ3n) is 3.41. The highest BCUT2D eigenvalue weighted by molar-refractivity contribution is 5.89. The Kier molecular flexibility index (Phi) is 7.30. The lowest BCUT2D eigenvalue weighted by molar-refractivity contribution is 0.0103. The maximum Gasteiger partial charge on any atom is 0.338 e. The van der Waals surface area contributed by atoms with E-state index < -0.39 is 0 Å². The minimum absolute atomic E-state index is 0.268. The highest BCUT2D eigenvalue weighted by Gasteiger charge is 2.05. The molecular formula is C19H23NO3. The van der Waals surface area contributed by atoms with E-state index in [4.69, 9.17) is 9.57 Å². The molecule has 0 aromatic heterocycles. The third-order valence-corrected chi connectivity index (χ3v) is 3.41. The molecular weight excluding hydrogens is 290 g/mol. The number of nitrogens with one attached hydrogen (secondary N) is 1. The molecule has 2 aromatic rings. The molecule has 0 fully saturated rings. The Bertz CT molecular complexity index is 599. The zero-order valence-corrected chi connectivity index (χ0v) is 13.5. The highest BCUT2D eigenvalue weighted by atomic mass is 16.6. The van der Waals surface area contributed by atoms with E-state index in [0.717, 1.165) is 12.8 Å². The van der Waals surface area contributed by atoms with Crippen LogP contribution in [0.1, 0.15) is 34.8 Å². The van der Waals surface area contributed by atoms with Gasteiger partial charge in [-0.15, -0.1) is 0 Å². The van der Waals surface area contributed by atoms with Crippen LogP contribution in [-0.2, 0) is 22.6 Å². The first-order chi connectivity index (χ1) is 11.3. The van der Waals surface area contributed by atoms with Crippen LogP contribution in [0.5, 0.6) is 0 Å². The van der Waals surface area contributed by atoms with Gasteiger partial charge in [-0.2, -0.15) is 5.48 Å². The lowest BCUT2D eigenvalue weighted by atomic mass is 10.0. The van der Waals surface area contributed by atoms with E-state index >= 15 is 0 Å². The van der Waals surface area contributed by atoms with E-state index in [9.17, 15) is 4.79 Å². The molecule has 122 valence electrons. The average Bonchev–Trinajstić information content (AvgIpc) is 2.60. The Morgan fingerprint density at radius 3 is 2.43 bits per heavy atom. The van der Waals surface area contributed by atoms with E-state index in [1.165, 1.54) is 11.1 Å². The largest absolute Gasteiger partial charge is 0.461 e. The van der Waals surface area contributed by atoms with Crippen molar-refractivity contribution in [2.45, 2.75) is 26.4 Å². The zero-order valence-electron chi connectivity index (χ0n) is 13.5. The number of rotatable bonds is 9. The van der Waals surface area contributed by atoms with Crippen LogP contribution in [0.15, 0.2) is 54.6 Å². The maximum absolute atomic E-state index is 11.7. The first-order valence-electron chi connectivity index (χ1n) is 7.95. The van der Waals surface area contributed by atoms with Crippen LogP contribution in [0.2, 0.25) is 0 Å². The molecule has 1 N–H and O–H groups in total. The van der Waals surface area contributed by atoms with Gasteiger partial charge < -0.3 is 4.74 Å². The Labute approximate surface area is 137 Å². The molecule has 0 aliphatic carbocycles. The monoisotopic (exact) mass is 313 g/mol. The number of esters is 1. The summed E-state index contributed by atoms with van der Waals surface area (Å²) in [5.41, 5.74) is 5.89. The lowest BCUT2D eigenvalue weighted by Gasteiger charge is -2.10. The smallest absolute Gasteiger partial charge is 0.338 e. The number of hydroxylamine groups is 1. The molecule has 4 heteroatoms. The molecule has 0 saturated heterocycles. The van der Waals surface area contributed by atoms with Gasteiger partial charge in [0.1, 0.15) is 6.61 Å². The molecule has 0 radical (unpaired) electrons. The van der Waals surface area contributed by atoms with Gasteiger partial charge in [-0.25, -0.2) is 4.79 Å². The van der Waals surface area contributed by atoms with Crippen molar-refractivity contribution in [3.8, 4) is 0 Å². The Balaban J connectivity index is 1.64. The zero-order chi connectivity index (χ0) is 16.3. The van der Waals surface area contributed by atoms with Gasteiger partial charge >= 0.3 is 5.97 Å². The van der Waals surface area contributed by atoms with Crippen LogP contribution in [0.4, 0.5) is 0 Å². The molecule has 2 rings (SSSR count). The number of ether oxygens (including phenoxy) is 1. The molecule has 0 aliphatic rings. The predicted molar refractivity (Wildman–Crippen MR) is 90.0 cm³/mol. The van der Waals surface area contributed by atoms with E-state index in [1.807, 2.05) is 30.3 Å². The average molecular weight is 313 g/mol. The molecule has 0 aliphatic heterocycles. The van der Waals surface area contributed by atoms with Gasteiger partial charge in [-0.1, -0.05) is 55.8 Å². The molecule has 0 unspecified atom stereocenters. The molecule has 23 heavy (non-hydrogen) atoms. The Morgan fingerprint density at radius 2 is 1.70 bits per heavy atom. The fourth-order valence-electron chi connectivity index (χ4n) is 2.26. The minimum Gasteiger partial charge on any atom is -0.461 e. The van der Waals surface area contributed by atoms with Crippen molar-refractivity contribution >= 4 is 5.97 Å². The second-order valence-electron chi connectivity index (χ2n) is 5.20. The molecule has 0 bridgehead atoms. The highest BCUT2D eigenvalue weighted by Crippen LogP contribution is 2.11. The number of carbonyl (C=O) groups excluding carboxylic acids is 1. The topological polar surface area (TPSA) is 47.6 Å². The number of hydrogen-bond acceptors (Lipinski definition) is 4. The van der Waals surface area contributed by atoms with Crippen LogP contribution in [0.25, 0.3) is 0 Å². The van der Waals surface area contributed by atoms with E-state index in [1.54, 1.807) is 12.1 Å². The summed E-state index contributed by atoms with van der Waals surface area (Å²) in [4.78, 5) is 17.2. The van der Waals surface area contributed by atoms with Crippen molar-refractivity contribution in [2.24, 2.45) is 0 Å². The fourth-order valence-corrected chi connectivity index (χ4v) is 2.26. The molecule has 0 saturated carbocycles. The summed E-state index contributed by atoms with van der Waals surface area (Å²) >= 11 is 0. The predicted octanol–water partition coefficient (Wildman–Crippen LogP) is 3.52. The quantitative estimate of drug-likeness (QED) is 0.437.